The van der Waals surface area contributed by atoms with E-state index in [0.29, 0.717) is 10.9 Å². The van der Waals surface area contributed by atoms with Crippen LogP contribution in [-0.4, -0.2) is 27.7 Å². The van der Waals surface area contributed by atoms with E-state index in [-0.39, 0.29) is 35.6 Å². The highest BCUT2D eigenvalue weighted by molar-refractivity contribution is 7.80. The Morgan fingerprint density at radius 2 is 1.85 bits per heavy atom. The molecule has 2 amide bonds. The molecule has 3 aliphatic rings. The first-order valence-corrected chi connectivity index (χ1v) is 8.11. The predicted octanol–water partition coefficient (Wildman–Crippen LogP) is 1.86. The maximum absolute atomic E-state index is 12.6. The van der Waals surface area contributed by atoms with Crippen molar-refractivity contribution in [2.75, 3.05) is 0 Å². The maximum atomic E-state index is 12.6. The highest BCUT2D eigenvalue weighted by atomic mass is 32.1. The van der Waals surface area contributed by atoms with E-state index in [2.05, 4.69) is 6.92 Å². The summed E-state index contributed by atoms with van der Waals surface area (Å²) in [5, 5.41) is 0. The molecule has 4 unspecified atom stereocenters. The third-order valence-corrected chi connectivity index (χ3v) is 5.83. The topological polar surface area (TPSA) is 63.4 Å². The zero-order valence-corrected chi connectivity index (χ0v) is 12.7. The second-order valence-corrected chi connectivity index (χ2v) is 6.98. The molecule has 1 aliphatic heterocycles. The van der Waals surface area contributed by atoms with Gasteiger partial charge in [-0.25, -0.2) is 0 Å². The lowest BCUT2D eigenvalue weighted by Gasteiger charge is -2.28. The summed E-state index contributed by atoms with van der Waals surface area (Å²) in [6.07, 6.45) is 5.59. The molecule has 3 fully saturated rings. The quantitative estimate of drug-likeness (QED) is 0.637. The van der Waals surface area contributed by atoms with E-state index >= 15 is 0 Å². The Balaban J connectivity index is 1.81. The molecule has 3 rings (SSSR count). The number of likely N-dealkylation sites (tertiary alicyclic amines) is 1. The van der Waals surface area contributed by atoms with Crippen molar-refractivity contribution in [3.8, 4) is 0 Å². The SMILES string of the molecule is CCC1CC2C(=O)N(C3CCCC3C(N)=S)C(=O)C2C1. The van der Waals surface area contributed by atoms with E-state index in [9.17, 15) is 9.59 Å². The van der Waals surface area contributed by atoms with Crippen molar-refractivity contribution in [3.63, 3.8) is 0 Å². The lowest BCUT2D eigenvalue weighted by molar-refractivity contribution is -0.143. The van der Waals surface area contributed by atoms with Crippen molar-refractivity contribution in [1.82, 2.24) is 4.90 Å². The zero-order valence-electron chi connectivity index (χ0n) is 11.9. The lowest BCUT2D eigenvalue weighted by atomic mass is 10.00. The van der Waals surface area contributed by atoms with E-state index in [1.165, 1.54) is 4.90 Å². The van der Waals surface area contributed by atoms with Gasteiger partial charge >= 0.3 is 0 Å². The number of imide groups is 1. The Labute approximate surface area is 125 Å². The highest BCUT2D eigenvalue weighted by Gasteiger charge is 2.55. The molecule has 1 saturated heterocycles. The van der Waals surface area contributed by atoms with Gasteiger partial charge < -0.3 is 5.73 Å². The van der Waals surface area contributed by atoms with Crippen molar-refractivity contribution in [1.29, 1.82) is 0 Å². The fourth-order valence-electron chi connectivity index (χ4n) is 4.40. The predicted molar refractivity (Wildman–Crippen MR) is 79.8 cm³/mol. The number of hydrogen-bond acceptors (Lipinski definition) is 3. The summed E-state index contributed by atoms with van der Waals surface area (Å²) in [6, 6.07) is -0.0711. The van der Waals surface area contributed by atoms with Crippen molar-refractivity contribution in [2.24, 2.45) is 29.4 Å². The molecule has 0 aromatic carbocycles. The van der Waals surface area contributed by atoms with E-state index in [4.69, 9.17) is 18.0 Å². The molecule has 2 N–H and O–H groups in total. The fourth-order valence-corrected chi connectivity index (χ4v) is 4.67. The average molecular weight is 294 g/mol. The molecule has 0 aromatic rings. The van der Waals surface area contributed by atoms with Crippen LogP contribution >= 0.6 is 12.2 Å². The third kappa shape index (κ3) is 1.98. The molecule has 20 heavy (non-hydrogen) atoms. The summed E-state index contributed by atoms with van der Waals surface area (Å²) in [7, 11) is 0. The van der Waals surface area contributed by atoms with Crippen LogP contribution in [0.5, 0.6) is 0 Å². The van der Waals surface area contributed by atoms with Crippen LogP contribution in [0.2, 0.25) is 0 Å². The Morgan fingerprint density at radius 1 is 1.25 bits per heavy atom. The summed E-state index contributed by atoms with van der Waals surface area (Å²) in [5.41, 5.74) is 5.79. The number of amides is 2. The van der Waals surface area contributed by atoms with Crippen LogP contribution in [0.1, 0.15) is 45.4 Å². The fraction of sp³-hybridized carbons (Fsp3) is 0.800. The lowest BCUT2D eigenvalue weighted by Crippen LogP contribution is -2.46. The van der Waals surface area contributed by atoms with Crippen LogP contribution < -0.4 is 5.73 Å². The van der Waals surface area contributed by atoms with Crippen LogP contribution in [-0.2, 0) is 9.59 Å². The molecular formula is C15H22N2O2S. The van der Waals surface area contributed by atoms with Crippen LogP contribution in [0.25, 0.3) is 0 Å². The molecule has 0 aromatic heterocycles. The third-order valence-electron chi connectivity index (χ3n) is 5.52. The Kier molecular flexibility index (Phi) is 3.56. The number of carbonyl (C=O) groups excluding carboxylic acids is 2. The molecule has 0 radical (unpaired) electrons. The minimum atomic E-state index is -0.0711. The first-order valence-electron chi connectivity index (χ1n) is 7.70. The number of fused-ring (bicyclic) bond motifs is 1. The van der Waals surface area contributed by atoms with Crippen LogP contribution in [0.4, 0.5) is 0 Å². The summed E-state index contributed by atoms with van der Waals surface area (Å²) < 4.78 is 0. The van der Waals surface area contributed by atoms with Gasteiger partial charge in [0.1, 0.15) is 0 Å². The normalized spacial score (nSPS) is 40.5. The molecular weight excluding hydrogens is 272 g/mol. The molecule has 0 spiro atoms. The van der Waals surface area contributed by atoms with Gasteiger partial charge in [-0.2, -0.15) is 0 Å². The second-order valence-electron chi connectivity index (χ2n) is 6.51. The van der Waals surface area contributed by atoms with E-state index in [0.717, 1.165) is 38.5 Å². The minimum Gasteiger partial charge on any atom is -0.393 e. The van der Waals surface area contributed by atoms with Crippen LogP contribution in [0, 0.1) is 23.7 Å². The van der Waals surface area contributed by atoms with Gasteiger partial charge in [0.15, 0.2) is 0 Å². The number of nitrogens with two attached hydrogens (primary N) is 1. The van der Waals surface area contributed by atoms with Gasteiger partial charge in [0.25, 0.3) is 0 Å². The minimum absolute atomic E-state index is 0.0266. The van der Waals surface area contributed by atoms with Gasteiger partial charge in [-0.05, 0) is 31.6 Å². The Morgan fingerprint density at radius 3 is 2.35 bits per heavy atom. The van der Waals surface area contributed by atoms with Gasteiger partial charge in [-0.1, -0.05) is 32.0 Å². The second kappa shape index (κ2) is 5.10. The molecule has 2 aliphatic carbocycles. The highest BCUT2D eigenvalue weighted by Crippen LogP contribution is 2.46. The van der Waals surface area contributed by atoms with Crippen LogP contribution in [0.3, 0.4) is 0 Å². The van der Waals surface area contributed by atoms with Crippen LogP contribution in [0.15, 0.2) is 0 Å². The van der Waals surface area contributed by atoms with Gasteiger partial charge in [0.05, 0.1) is 16.8 Å². The van der Waals surface area contributed by atoms with Gasteiger partial charge in [-0.15, -0.1) is 0 Å². The average Bonchev–Trinajstić information content (AvgIpc) is 3.08. The van der Waals surface area contributed by atoms with E-state index in [1.54, 1.807) is 0 Å². The Hall–Kier alpha value is -0.970. The first-order chi connectivity index (χ1) is 9.54. The molecule has 0 bridgehead atoms. The molecule has 4 atom stereocenters. The first kappa shape index (κ1) is 14.0. The smallest absolute Gasteiger partial charge is 0.233 e. The van der Waals surface area contributed by atoms with Gasteiger partial charge in [-0.3, -0.25) is 14.5 Å². The summed E-state index contributed by atoms with van der Waals surface area (Å²) in [5.74, 6) is 0.516. The molecule has 4 nitrogen and oxygen atoms in total. The molecule has 1 heterocycles. The van der Waals surface area contributed by atoms with E-state index in [1.807, 2.05) is 0 Å². The number of rotatable bonds is 3. The monoisotopic (exact) mass is 294 g/mol. The van der Waals surface area contributed by atoms with Crippen molar-refractivity contribution >= 4 is 29.0 Å². The number of carbonyl (C=O) groups is 2. The van der Waals surface area contributed by atoms with Gasteiger partial charge in [0.2, 0.25) is 11.8 Å². The van der Waals surface area contributed by atoms with Crippen molar-refractivity contribution in [3.05, 3.63) is 0 Å². The summed E-state index contributed by atoms with van der Waals surface area (Å²) >= 11 is 5.11. The standard InChI is InChI=1S/C15H22N2O2S/c1-2-8-6-10-11(7-8)15(19)17(14(10)18)12-5-3-4-9(12)13(16)20/h8-12H,2-7H2,1H3,(H2,16,20). The zero-order chi connectivity index (χ0) is 14.4. The summed E-state index contributed by atoms with van der Waals surface area (Å²) in [4.78, 5) is 27.3. The number of thiocarbonyl (C=S) groups is 1. The number of nitrogens with zero attached hydrogens (tertiary/aromatic N) is 1. The molecule has 5 heteroatoms. The number of hydrogen-bond donors (Lipinski definition) is 1. The maximum Gasteiger partial charge on any atom is 0.233 e. The molecule has 110 valence electrons. The van der Waals surface area contributed by atoms with Crippen molar-refractivity contribution in [2.45, 2.75) is 51.5 Å². The summed E-state index contributed by atoms with van der Waals surface area (Å²) in [6.45, 7) is 2.14. The molecule has 2 saturated carbocycles. The largest absolute Gasteiger partial charge is 0.393 e. The van der Waals surface area contributed by atoms with Crippen molar-refractivity contribution < 1.29 is 9.59 Å². The van der Waals surface area contributed by atoms with E-state index < -0.39 is 0 Å². The Bertz CT molecular complexity index is 441. The van der Waals surface area contributed by atoms with Gasteiger partial charge in [0, 0.05) is 12.0 Å².